The van der Waals surface area contributed by atoms with E-state index in [-0.39, 0.29) is 37.5 Å². The molecule has 1 atom stereocenters. The maximum Gasteiger partial charge on any atom is 0.306 e. The molecule has 0 saturated heterocycles. The number of hydrogen-bond acceptors (Lipinski definition) is 6. The van der Waals surface area contributed by atoms with Crippen LogP contribution in [-0.2, 0) is 28.6 Å². The molecule has 0 aliphatic heterocycles. The third-order valence-corrected chi connectivity index (χ3v) is 13.5. The second-order valence-corrected chi connectivity index (χ2v) is 20.9. The highest BCUT2D eigenvalue weighted by Crippen LogP contribution is 2.15. The summed E-state index contributed by atoms with van der Waals surface area (Å²) < 4.78 is 16.9. The zero-order chi connectivity index (χ0) is 55.0. The predicted octanol–water partition coefficient (Wildman–Crippen LogP) is 21.8. The van der Waals surface area contributed by atoms with Gasteiger partial charge < -0.3 is 14.2 Å². The first-order valence-electron chi connectivity index (χ1n) is 31.9. The summed E-state index contributed by atoms with van der Waals surface area (Å²) in [5.41, 5.74) is 0. The van der Waals surface area contributed by atoms with E-state index < -0.39 is 6.10 Å². The zero-order valence-electron chi connectivity index (χ0n) is 49.7. The van der Waals surface area contributed by atoms with Gasteiger partial charge in [0.05, 0.1) is 0 Å². The molecule has 0 aromatic carbocycles. The average molecular weight is 1060 g/mol. The Bertz CT molecular complexity index is 1540. The van der Waals surface area contributed by atoms with Crippen molar-refractivity contribution in [3.05, 3.63) is 109 Å². The molecule has 0 radical (unpaired) electrons. The van der Waals surface area contributed by atoms with Crippen molar-refractivity contribution in [3.8, 4) is 0 Å². The number of allylic oxidation sites excluding steroid dienone is 18. The molecular formula is C70H118O6. The van der Waals surface area contributed by atoms with Gasteiger partial charge in [-0.05, 0) is 122 Å². The van der Waals surface area contributed by atoms with E-state index in [9.17, 15) is 14.4 Å². The molecule has 76 heavy (non-hydrogen) atoms. The summed E-state index contributed by atoms with van der Waals surface area (Å²) in [6.45, 7) is 6.46. The van der Waals surface area contributed by atoms with Crippen LogP contribution in [0.15, 0.2) is 109 Å². The second-order valence-electron chi connectivity index (χ2n) is 20.9. The first-order valence-corrected chi connectivity index (χ1v) is 31.9. The van der Waals surface area contributed by atoms with Gasteiger partial charge in [-0.15, -0.1) is 0 Å². The number of unbranched alkanes of at least 4 members (excludes halogenated alkanes) is 28. The van der Waals surface area contributed by atoms with Crippen molar-refractivity contribution in [1.82, 2.24) is 0 Å². The first kappa shape index (κ1) is 72.1. The van der Waals surface area contributed by atoms with Crippen LogP contribution in [0.25, 0.3) is 0 Å². The summed E-state index contributed by atoms with van der Waals surface area (Å²) in [6.07, 6.45) is 86.7. The minimum atomic E-state index is -0.817. The Labute approximate surface area is 470 Å². The summed E-state index contributed by atoms with van der Waals surface area (Å²) >= 11 is 0. The van der Waals surface area contributed by atoms with Crippen molar-refractivity contribution < 1.29 is 28.6 Å². The summed E-state index contributed by atoms with van der Waals surface area (Å²) in [6, 6.07) is 0. The maximum absolute atomic E-state index is 12.9. The number of hydrogen-bond donors (Lipinski definition) is 0. The van der Waals surface area contributed by atoms with Gasteiger partial charge in [0.25, 0.3) is 0 Å². The van der Waals surface area contributed by atoms with Crippen LogP contribution in [0, 0.1) is 0 Å². The van der Waals surface area contributed by atoms with Gasteiger partial charge in [-0.2, -0.15) is 0 Å². The Morgan fingerprint density at radius 2 is 0.526 bits per heavy atom. The quantitative estimate of drug-likeness (QED) is 0.0261. The van der Waals surface area contributed by atoms with Crippen LogP contribution < -0.4 is 0 Å². The van der Waals surface area contributed by atoms with Crippen LogP contribution in [-0.4, -0.2) is 37.2 Å². The molecule has 0 aromatic heterocycles. The number of esters is 3. The Morgan fingerprint density at radius 3 is 0.855 bits per heavy atom. The molecule has 0 amide bonds. The lowest BCUT2D eigenvalue weighted by atomic mass is 10.0. The van der Waals surface area contributed by atoms with Crippen molar-refractivity contribution in [2.24, 2.45) is 0 Å². The topological polar surface area (TPSA) is 78.9 Å². The normalized spacial score (nSPS) is 12.8. The van der Waals surface area contributed by atoms with Crippen LogP contribution in [0.2, 0.25) is 0 Å². The van der Waals surface area contributed by atoms with Crippen LogP contribution in [0.5, 0.6) is 0 Å². The minimum absolute atomic E-state index is 0.106. The van der Waals surface area contributed by atoms with Crippen LogP contribution >= 0.6 is 0 Å². The monoisotopic (exact) mass is 1050 g/mol. The summed E-state index contributed by atoms with van der Waals surface area (Å²) in [5.74, 6) is -0.974. The average Bonchev–Trinajstić information content (AvgIpc) is 3.42. The molecule has 0 rings (SSSR count). The van der Waals surface area contributed by atoms with Gasteiger partial charge in [0.15, 0.2) is 6.10 Å². The summed E-state index contributed by atoms with van der Waals surface area (Å²) in [5, 5.41) is 0. The SMILES string of the molecule is CC/C=C\C/C=C\C/C=C\C/C=C\C/C=C\CCCC(=O)OC(COC(=O)CCCCCCC/C=C\C/C=C\CCCCCC)COC(=O)CCCCCCCCCCCCCCC/C=C\C/C=C\CCCCCCC. The molecule has 6 nitrogen and oxygen atoms in total. The molecule has 0 saturated carbocycles. The number of ether oxygens (including phenoxy) is 3. The fraction of sp³-hybridized carbons (Fsp3) is 0.700. The molecule has 0 aliphatic rings. The highest BCUT2D eigenvalue weighted by molar-refractivity contribution is 5.71. The smallest absolute Gasteiger partial charge is 0.306 e. The first-order chi connectivity index (χ1) is 37.5. The highest BCUT2D eigenvalue weighted by Gasteiger charge is 2.19. The fourth-order valence-electron chi connectivity index (χ4n) is 8.72. The molecule has 434 valence electrons. The molecule has 0 heterocycles. The van der Waals surface area contributed by atoms with Crippen molar-refractivity contribution in [1.29, 1.82) is 0 Å². The van der Waals surface area contributed by atoms with Gasteiger partial charge in [-0.1, -0.05) is 265 Å². The lowest BCUT2D eigenvalue weighted by Crippen LogP contribution is -2.30. The Balaban J connectivity index is 4.41. The predicted molar refractivity (Wildman–Crippen MR) is 330 cm³/mol. The fourth-order valence-corrected chi connectivity index (χ4v) is 8.72. The van der Waals surface area contributed by atoms with E-state index in [2.05, 4.69) is 130 Å². The largest absolute Gasteiger partial charge is 0.462 e. The van der Waals surface area contributed by atoms with Crippen LogP contribution in [0.3, 0.4) is 0 Å². The number of carbonyl (C=O) groups is 3. The van der Waals surface area contributed by atoms with Crippen molar-refractivity contribution in [2.75, 3.05) is 13.2 Å². The molecule has 0 aliphatic carbocycles. The molecule has 1 unspecified atom stereocenters. The Kier molecular flexibility index (Phi) is 60.3. The van der Waals surface area contributed by atoms with E-state index in [4.69, 9.17) is 14.2 Å². The van der Waals surface area contributed by atoms with E-state index in [0.29, 0.717) is 19.3 Å². The molecule has 0 spiro atoms. The van der Waals surface area contributed by atoms with Gasteiger partial charge in [0, 0.05) is 19.3 Å². The summed E-state index contributed by atoms with van der Waals surface area (Å²) in [4.78, 5) is 38.3. The van der Waals surface area contributed by atoms with Crippen molar-refractivity contribution >= 4 is 17.9 Å². The lowest BCUT2D eigenvalue weighted by molar-refractivity contribution is -0.167. The number of carbonyl (C=O) groups excluding carboxylic acids is 3. The zero-order valence-corrected chi connectivity index (χ0v) is 49.7. The van der Waals surface area contributed by atoms with Crippen molar-refractivity contribution in [2.45, 2.75) is 303 Å². The van der Waals surface area contributed by atoms with Gasteiger partial charge in [-0.25, -0.2) is 0 Å². The highest BCUT2D eigenvalue weighted by atomic mass is 16.6. The van der Waals surface area contributed by atoms with Gasteiger partial charge in [0.1, 0.15) is 13.2 Å². The standard InChI is InChI=1S/C70H118O6/c1-4-7-10-13-16-19-22-25-28-31-32-33-34-35-36-37-38-40-42-45-48-51-54-57-60-63-69(72)75-66-67(65-74-68(71)62-59-56-53-50-47-44-41-30-27-24-21-18-15-12-9-6-3)76-70(73)64-61-58-55-52-49-46-43-39-29-26-23-20-17-14-11-8-5-2/h8,11,17,20-22,24-26,29-32,41,43,46,52,55,67H,4-7,9-10,12-16,18-19,23,27-28,33-40,42,44-45,47-51,53-54,56-66H2,1-3H3/b11-8-,20-17-,24-21-,25-22-,29-26-,32-31-,41-30-,46-43-,55-52-. The van der Waals surface area contributed by atoms with Crippen LogP contribution in [0.4, 0.5) is 0 Å². The summed E-state index contributed by atoms with van der Waals surface area (Å²) in [7, 11) is 0. The van der Waals surface area contributed by atoms with E-state index in [1.807, 2.05) is 0 Å². The number of rotatable bonds is 57. The maximum atomic E-state index is 12.9. The Morgan fingerprint density at radius 1 is 0.276 bits per heavy atom. The minimum Gasteiger partial charge on any atom is -0.462 e. The third kappa shape index (κ3) is 60.9. The van der Waals surface area contributed by atoms with Gasteiger partial charge >= 0.3 is 17.9 Å². The molecule has 6 heteroatoms. The molecular weight excluding hydrogens is 937 g/mol. The second kappa shape index (κ2) is 63.6. The van der Waals surface area contributed by atoms with Crippen LogP contribution in [0.1, 0.15) is 297 Å². The van der Waals surface area contributed by atoms with Gasteiger partial charge in [-0.3, -0.25) is 14.4 Å². The van der Waals surface area contributed by atoms with Crippen molar-refractivity contribution in [3.63, 3.8) is 0 Å². The van der Waals surface area contributed by atoms with E-state index >= 15 is 0 Å². The van der Waals surface area contributed by atoms with Gasteiger partial charge in [0.2, 0.25) is 0 Å². The lowest BCUT2D eigenvalue weighted by Gasteiger charge is -2.18. The van der Waals surface area contributed by atoms with E-state index in [0.717, 1.165) is 109 Å². The Hall–Kier alpha value is -3.93. The van der Waals surface area contributed by atoms with E-state index in [1.54, 1.807) is 0 Å². The molecule has 0 fully saturated rings. The molecule has 0 aromatic rings. The van der Waals surface area contributed by atoms with E-state index in [1.165, 1.54) is 141 Å². The molecule has 0 bridgehead atoms. The molecule has 0 N–H and O–H groups in total. The third-order valence-electron chi connectivity index (χ3n) is 13.5.